The van der Waals surface area contributed by atoms with Crippen molar-refractivity contribution in [2.75, 3.05) is 6.54 Å². The minimum absolute atomic E-state index is 0.0289. The zero-order chi connectivity index (χ0) is 14.8. The molecule has 0 unspecified atom stereocenters. The van der Waals surface area contributed by atoms with Crippen LogP contribution in [0.15, 0.2) is 21.9 Å². The molecule has 0 spiro atoms. The molecule has 3 N–H and O–H groups in total. The molecule has 0 aliphatic carbocycles. The van der Waals surface area contributed by atoms with Gasteiger partial charge in [-0.05, 0) is 18.7 Å². The lowest BCUT2D eigenvalue weighted by Gasteiger charge is -2.20. The minimum atomic E-state index is -1.05. The van der Waals surface area contributed by atoms with Crippen molar-refractivity contribution in [2.24, 2.45) is 5.73 Å². The molecular formula is C14H18N2O3S. The molecule has 0 aromatic carbocycles. The van der Waals surface area contributed by atoms with Crippen LogP contribution in [0.2, 0.25) is 0 Å². The number of carbonyl (C=O) groups is 1. The first-order chi connectivity index (χ1) is 9.42. The van der Waals surface area contributed by atoms with Gasteiger partial charge in [-0.3, -0.25) is 0 Å². The Kier molecular flexibility index (Phi) is 4.25. The molecule has 0 saturated carbocycles. The van der Waals surface area contributed by atoms with E-state index in [9.17, 15) is 4.79 Å². The van der Waals surface area contributed by atoms with Crippen LogP contribution < -0.4 is 5.73 Å². The Morgan fingerprint density at radius 1 is 1.50 bits per heavy atom. The maximum atomic E-state index is 10.8. The summed E-state index contributed by atoms with van der Waals surface area (Å²) in [5.74, 6) is -0.421. The number of carboxylic acids is 1. The Hall–Kier alpha value is -1.66. The van der Waals surface area contributed by atoms with Gasteiger partial charge >= 0.3 is 5.97 Å². The lowest BCUT2D eigenvalue weighted by atomic mass is 9.89. The quantitative estimate of drug-likeness (QED) is 0.854. The molecule has 2 rings (SSSR count). The molecule has 0 radical (unpaired) electrons. The number of furan rings is 1. The predicted octanol–water partition coefficient (Wildman–Crippen LogP) is 2.46. The third kappa shape index (κ3) is 3.26. The number of nitrogens with zero attached hydrogens (tertiary/aromatic N) is 1. The molecule has 0 aliphatic rings. The fourth-order valence-corrected chi connectivity index (χ4v) is 2.96. The van der Waals surface area contributed by atoms with E-state index in [2.05, 4.69) is 18.8 Å². The number of hydrogen-bond donors (Lipinski definition) is 2. The van der Waals surface area contributed by atoms with Crippen molar-refractivity contribution in [3.05, 3.63) is 39.7 Å². The summed E-state index contributed by atoms with van der Waals surface area (Å²) in [5.41, 5.74) is 6.33. The van der Waals surface area contributed by atoms with Crippen LogP contribution in [0.4, 0.5) is 0 Å². The van der Waals surface area contributed by atoms with Crippen molar-refractivity contribution >= 4 is 17.3 Å². The smallest absolute Gasteiger partial charge is 0.371 e. The molecule has 0 aliphatic heterocycles. The Balaban J connectivity index is 2.14. The van der Waals surface area contributed by atoms with E-state index in [0.717, 1.165) is 17.1 Å². The highest BCUT2D eigenvalue weighted by molar-refractivity contribution is 7.09. The van der Waals surface area contributed by atoms with Gasteiger partial charge in [0.25, 0.3) is 0 Å². The molecule has 108 valence electrons. The molecule has 0 bridgehead atoms. The van der Waals surface area contributed by atoms with E-state index in [4.69, 9.17) is 15.3 Å². The Morgan fingerprint density at radius 3 is 2.85 bits per heavy atom. The summed E-state index contributed by atoms with van der Waals surface area (Å²) in [6.45, 7) is 4.73. The summed E-state index contributed by atoms with van der Waals surface area (Å²) in [5, 5.41) is 11.9. The maximum Gasteiger partial charge on any atom is 0.371 e. The minimum Gasteiger partial charge on any atom is -0.475 e. The third-order valence-corrected chi connectivity index (χ3v) is 4.28. The molecule has 5 nitrogen and oxygen atoms in total. The number of hydrogen-bond acceptors (Lipinski definition) is 5. The first-order valence-electron chi connectivity index (χ1n) is 6.39. The molecular weight excluding hydrogens is 276 g/mol. The van der Waals surface area contributed by atoms with Crippen molar-refractivity contribution in [3.8, 4) is 0 Å². The normalized spacial score (nSPS) is 11.8. The molecule has 20 heavy (non-hydrogen) atoms. The molecule has 0 saturated heterocycles. The summed E-state index contributed by atoms with van der Waals surface area (Å²) in [4.78, 5) is 15.4. The van der Waals surface area contributed by atoms with Crippen LogP contribution in [0.25, 0.3) is 0 Å². The van der Waals surface area contributed by atoms with Crippen molar-refractivity contribution < 1.29 is 14.3 Å². The summed E-state index contributed by atoms with van der Waals surface area (Å²) < 4.78 is 5.31. The Labute approximate surface area is 121 Å². The van der Waals surface area contributed by atoms with Crippen LogP contribution in [-0.4, -0.2) is 22.6 Å². The number of aromatic carboxylic acids is 1. The number of thiazole rings is 1. The van der Waals surface area contributed by atoms with Crippen molar-refractivity contribution in [1.82, 2.24) is 4.98 Å². The summed E-state index contributed by atoms with van der Waals surface area (Å²) in [6, 6.07) is 3.19. The van der Waals surface area contributed by atoms with E-state index in [1.54, 1.807) is 17.4 Å². The lowest BCUT2D eigenvalue weighted by molar-refractivity contribution is 0.0659. The topological polar surface area (TPSA) is 89.3 Å². The van der Waals surface area contributed by atoms with Crippen LogP contribution >= 0.6 is 11.3 Å². The standard InChI is InChI=1S/C14H18N2O3S/c1-14(2,13-16-9(5-6-15)8-20-13)7-10-3-4-11(19-10)12(17)18/h3-4,8H,5-7,15H2,1-2H3,(H,17,18). The van der Waals surface area contributed by atoms with E-state index in [1.165, 1.54) is 6.07 Å². The fraction of sp³-hybridized carbons (Fsp3) is 0.429. The fourth-order valence-electron chi connectivity index (χ4n) is 1.98. The lowest BCUT2D eigenvalue weighted by Crippen LogP contribution is -2.20. The van der Waals surface area contributed by atoms with Gasteiger partial charge in [-0.1, -0.05) is 13.8 Å². The van der Waals surface area contributed by atoms with Crippen LogP contribution in [0.5, 0.6) is 0 Å². The SMILES string of the molecule is CC(C)(Cc1ccc(C(=O)O)o1)c1nc(CCN)cs1. The van der Waals surface area contributed by atoms with E-state index < -0.39 is 5.97 Å². The molecule has 6 heteroatoms. The van der Waals surface area contributed by atoms with E-state index >= 15 is 0 Å². The maximum absolute atomic E-state index is 10.8. The van der Waals surface area contributed by atoms with Crippen LogP contribution in [0.1, 0.15) is 40.9 Å². The largest absolute Gasteiger partial charge is 0.475 e. The molecule has 0 fully saturated rings. The second kappa shape index (κ2) is 5.76. The Bertz CT molecular complexity index is 601. The van der Waals surface area contributed by atoms with Gasteiger partial charge in [0, 0.05) is 23.6 Å². The number of aromatic nitrogens is 1. The van der Waals surface area contributed by atoms with Gasteiger partial charge in [0.05, 0.1) is 10.7 Å². The third-order valence-electron chi connectivity index (χ3n) is 3.02. The van der Waals surface area contributed by atoms with Crippen LogP contribution in [0.3, 0.4) is 0 Å². The van der Waals surface area contributed by atoms with Crippen molar-refractivity contribution in [2.45, 2.75) is 32.1 Å². The molecule has 2 aromatic rings. The summed E-state index contributed by atoms with van der Waals surface area (Å²) in [7, 11) is 0. The van der Waals surface area contributed by atoms with E-state index in [0.29, 0.717) is 18.7 Å². The van der Waals surface area contributed by atoms with Gasteiger partial charge in [-0.15, -0.1) is 11.3 Å². The first kappa shape index (κ1) is 14.7. The molecule has 0 atom stereocenters. The summed E-state index contributed by atoms with van der Waals surface area (Å²) >= 11 is 1.60. The highest BCUT2D eigenvalue weighted by Crippen LogP contribution is 2.30. The van der Waals surface area contributed by atoms with Crippen LogP contribution in [0, 0.1) is 0 Å². The van der Waals surface area contributed by atoms with Gasteiger partial charge in [0.15, 0.2) is 0 Å². The monoisotopic (exact) mass is 294 g/mol. The number of carboxylic acid groups (broad SMARTS) is 1. The highest BCUT2D eigenvalue weighted by atomic mass is 32.1. The van der Waals surface area contributed by atoms with Gasteiger partial charge < -0.3 is 15.3 Å². The zero-order valence-electron chi connectivity index (χ0n) is 11.5. The highest BCUT2D eigenvalue weighted by Gasteiger charge is 2.26. The average molecular weight is 294 g/mol. The number of nitrogens with two attached hydrogens (primary N) is 1. The van der Waals surface area contributed by atoms with Crippen molar-refractivity contribution in [1.29, 1.82) is 0 Å². The Morgan fingerprint density at radius 2 is 2.25 bits per heavy atom. The predicted molar refractivity (Wildman–Crippen MR) is 77.3 cm³/mol. The van der Waals surface area contributed by atoms with Crippen LogP contribution in [-0.2, 0) is 18.3 Å². The van der Waals surface area contributed by atoms with Crippen molar-refractivity contribution in [3.63, 3.8) is 0 Å². The van der Waals surface area contributed by atoms with Gasteiger partial charge in [-0.2, -0.15) is 0 Å². The van der Waals surface area contributed by atoms with E-state index in [1.807, 2.05) is 5.38 Å². The summed E-state index contributed by atoms with van der Waals surface area (Å²) in [6.07, 6.45) is 1.38. The van der Waals surface area contributed by atoms with E-state index in [-0.39, 0.29) is 11.2 Å². The first-order valence-corrected chi connectivity index (χ1v) is 7.27. The second-order valence-electron chi connectivity index (χ2n) is 5.31. The number of rotatable bonds is 6. The molecule has 2 aromatic heterocycles. The van der Waals surface area contributed by atoms with Gasteiger partial charge in [0.2, 0.25) is 5.76 Å². The second-order valence-corrected chi connectivity index (χ2v) is 6.17. The molecule has 0 amide bonds. The van der Waals surface area contributed by atoms with Gasteiger partial charge in [0.1, 0.15) is 5.76 Å². The van der Waals surface area contributed by atoms with Gasteiger partial charge in [-0.25, -0.2) is 9.78 Å². The molecule has 2 heterocycles. The zero-order valence-corrected chi connectivity index (χ0v) is 12.4. The average Bonchev–Trinajstić information content (AvgIpc) is 2.98.